The molecule has 4 amide bonds. The van der Waals surface area contributed by atoms with Crippen molar-refractivity contribution in [3.05, 3.63) is 117 Å². The second-order valence-corrected chi connectivity index (χ2v) is 25.3. The van der Waals surface area contributed by atoms with Gasteiger partial charge in [0.25, 0.3) is 0 Å². The van der Waals surface area contributed by atoms with Crippen LogP contribution in [0.4, 0.5) is 9.59 Å². The van der Waals surface area contributed by atoms with E-state index in [1.54, 1.807) is 20.9 Å². The van der Waals surface area contributed by atoms with E-state index in [2.05, 4.69) is 53.3 Å². The Balaban J connectivity index is 0.000000425. The number of alkyl carbamates (subject to hydrolysis) is 2. The van der Waals surface area contributed by atoms with Gasteiger partial charge in [0.1, 0.15) is 32.5 Å². The van der Waals surface area contributed by atoms with Gasteiger partial charge >= 0.3 is 24.1 Å². The summed E-state index contributed by atoms with van der Waals surface area (Å²) in [5.41, 5.74) is 10.9. The number of aryl methyl sites for hydroxylation is 1. The monoisotopic (exact) mass is 1470 g/mol. The van der Waals surface area contributed by atoms with Gasteiger partial charge in [-0.15, -0.1) is 0 Å². The SMILES string of the molecule is C.CCCCOCCCC(=O)c1ccc2c(c1)C(COC(C)=O)c1cc(C(=O)CCCOCCCCO)ccc1-2.CCCCOCCNC(=O)CCCc1ccc2c(c1)C(COC(C)=O)c1cccc(C(=O)CCCOCCCCO)c1-2.CCNC(=O)OCC(COC(=O)NCC)OCCCC(=O)NC. The van der Waals surface area contributed by atoms with Crippen LogP contribution in [-0.4, -0.2) is 195 Å². The predicted molar refractivity (Wildman–Crippen MR) is 403 cm³/mol. The number of unbranched alkanes of at least 4 members (excludes halogenated alkanes) is 4. The van der Waals surface area contributed by atoms with Gasteiger partial charge in [0.15, 0.2) is 17.3 Å². The average Bonchev–Trinajstić information content (AvgIpc) is 1.61. The molecule has 0 spiro atoms. The Hall–Kier alpha value is -7.97. The summed E-state index contributed by atoms with van der Waals surface area (Å²) < 4.78 is 48.5. The molecule has 584 valence electrons. The zero-order chi connectivity index (χ0) is 75.7. The number of hydrogen-bond donors (Lipinski definition) is 6. The number of hydrogen-bond acceptors (Lipinski definition) is 20. The summed E-state index contributed by atoms with van der Waals surface area (Å²) in [6.07, 6.45) is 11.4. The van der Waals surface area contributed by atoms with E-state index in [-0.39, 0.29) is 107 Å². The third-order valence-electron chi connectivity index (χ3n) is 17.0. The Labute approximate surface area is 622 Å². The summed E-state index contributed by atoms with van der Waals surface area (Å²) in [4.78, 5) is 108. The second-order valence-electron chi connectivity index (χ2n) is 25.3. The Morgan fingerprint density at radius 1 is 0.448 bits per heavy atom. The smallest absolute Gasteiger partial charge is 0.407 e. The van der Waals surface area contributed by atoms with Crippen LogP contribution in [0.3, 0.4) is 0 Å². The number of ether oxygens (including phenoxy) is 9. The third kappa shape index (κ3) is 34.9. The van der Waals surface area contributed by atoms with Crippen molar-refractivity contribution in [3.8, 4) is 22.3 Å². The fraction of sp³-hybridized carbons (Fsp3) is 0.593. The van der Waals surface area contributed by atoms with Gasteiger partial charge < -0.3 is 74.1 Å². The Kier molecular flexibility index (Phi) is 47.4. The van der Waals surface area contributed by atoms with Crippen LogP contribution in [-0.2, 0) is 68.2 Å². The van der Waals surface area contributed by atoms with E-state index < -0.39 is 18.3 Å². The molecule has 4 aromatic carbocycles. The van der Waals surface area contributed by atoms with Gasteiger partial charge in [-0.3, -0.25) is 33.6 Å². The van der Waals surface area contributed by atoms with Gasteiger partial charge in [0.2, 0.25) is 11.8 Å². The molecule has 0 heterocycles. The second kappa shape index (κ2) is 54.6. The van der Waals surface area contributed by atoms with E-state index in [9.17, 15) is 43.2 Å². The minimum Gasteiger partial charge on any atom is -0.465 e. The minimum absolute atomic E-state index is 0. The van der Waals surface area contributed by atoms with Crippen molar-refractivity contribution < 1.29 is 96.0 Å². The highest BCUT2D eigenvalue weighted by Gasteiger charge is 2.34. The molecule has 6 N–H and O–H groups in total. The first-order valence-corrected chi connectivity index (χ1v) is 37.3. The van der Waals surface area contributed by atoms with Gasteiger partial charge in [-0.1, -0.05) is 94.8 Å². The maximum atomic E-state index is 13.3. The molecular formula is C81H120N4O20. The predicted octanol–water partition coefficient (Wildman–Crippen LogP) is 12.3. The maximum absolute atomic E-state index is 13.3. The summed E-state index contributed by atoms with van der Waals surface area (Å²) in [5, 5.41) is 28.1. The summed E-state index contributed by atoms with van der Waals surface area (Å²) in [6.45, 7) is 17.6. The molecule has 0 bridgehead atoms. The molecule has 2 atom stereocenters. The first-order valence-electron chi connectivity index (χ1n) is 37.3. The van der Waals surface area contributed by atoms with Crippen LogP contribution in [0.15, 0.2) is 72.8 Å². The first kappa shape index (κ1) is 91.2. The molecule has 2 unspecified atom stereocenters. The molecule has 2 aliphatic carbocycles. The fourth-order valence-electron chi connectivity index (χ4n) is 11.6. The Bertz CT molecular complexity index is 3240. The molecule has 0 aliphatic heterocycles. The number of rotatable bonds is 51. The van der Waals surface area contributed by atoms with Gasteiger partial charge in [0, 0.05) is 167 Å². The van der Waals surface area contributed by atoms with Crippen LogP contribution in [0.5, 0.6) is 0 Å². The minimum atomic E-state index is -0.593. The van der Waals surface area contributed by atoms with Crippen LogP contribution >= 0.6 is 0 Å². The van der Waals surface area contributed by atoms with E-state index in [1.807, 2.05) is 54.6 Å². The topological polar surface area (TPSA) is 325 Å². The third-order valence-corrected chi connectivity index (χ3v) is 17.0. The highest BCUT2D eigenvalue weighted by Crippen LogP contribution is 2.48. The lowest BCUT2D eigenvalue weighted by atomic mass is 9.93. The van der Waals surface area contributed by atoms with Crippen molar-refractivity contribution >= 4 is 53.3 Å². The Morgan fingerprint density at radius 3 is 1.40 bits per heavy atom. The lowest BCUT2D eigenvalue weighted by molar-refractivity contribution is -0.142. The number of ketones is 3. The summed E-state index contributed by atoms with van der Waals surface area (Å²) >= 11 is 0. The number of aliphatic hydroxyl groups excluding tert-OH is 2. The first-order chi connectivity index (χ1) is 50.4. The molecule has 24 nitrogen and oxygen atoms in total. The van der Waals surface area contributed by atoms with Crippen molar-refractivity contribution in [2.24, 2.45) is 0 Å². The largest absolute Gasteiger partial charge is 0.465 e. The van der Waals surface area contributed by atoms with Gasteiger partial charge in [-0.05, 0) is 153 Å². The summed E-state index contributed by atoms with van der Waals surface area (Å²) in [7, 11) is 1.56. The maximum Gasteiger partial charge on any atom is 0.407 e. The zero-order valence-corrected chi connectivity index (χ0v) is 62.6. The summed E-state index contributed by atoms with van der Waals surface area (Å²) in [5.74, 6) is -0.999. The van der Waals surface area contributed by atoms with Crippen molar-refractivity contribution in [2.45, 2.75) is 189 Å². The number of carbonyl (C=O) groups excluding carboxylic acids is 9. The zero-order valence-electron chi connectivity index (χ0n) is 62.6. The van der Waals surface area contributed by atoms with Gasteiger partial charge in [0.05, 0.1) is 6.61 Å². The normalized spacial score (nSPS) is 12.7. The fourth-order valence-corrected chi connectivity index (χ4v) is 11.6. The van der Waals surface area contributed by atoms with Crippen molar-refractivity contribution in [2.75, 3.05) is 126 Å². The quantitative estimate of drug-likeness (QED) is 0.0104. The van der Waals surface area contributed by atoms with Crippen molar-refractivity contribution in [3.63, 3.8) is 0 Å². The molecular weight excluding hydrogens is 1350 g/mol. The lowest BCUT2D eigenvalue weighted by Crippen LogP contribution is -2.34. The van der Waals surface area contributed by atoms with Crippen LogP contribution in [0.25, 0.3) is 22.3 Å². The van der Waals surface area contributed by atoms with Crippen LogP contribution in [0.1, 0.15) is 235 Å². The number of nitrogens with one attached hydrogen (secondary N) is 4. The molecule has 105 heavy (non-hydrogen) atoms. The molecule has 0 radical (unpaired) electrons. The molecule has 24 heteroatoms. The van der Waals surface area contributed by atoms with Crippen LogP contribution in [0, 0.1) is 0 Å². The van der Waals surface area contributed by atoms with Gasteiger partial charge in [-0.25, -0.2) is 9.59 Å². The average molecular weight is 1470 g/mol. The molecule has 0 saturated heterocycles. The highest BCUT2D eigenvalue weighted by atomic mass is 16.6. The highest BCUT2D eigenvalue weighted by molar-refractivity contribution is 6.05. The van der Waals surface area contributed by atoms with E-state index in [0.717, 1.165) is 115 Å². The van der Waals surface area contributed by atoms with E-state index in [0.29, 0.717) is 147 Å². The van der Waals surface area contributed by atoms with Crippen LogP contribution < -0.4 is 21.3 Å². The van der Waals surface area contributed by atoms with Crippen molar-refractivity contribution in [1.82, 2.24) is 21.3 Å². The number of aliphatic hydroxyl groups is 2. The summed E-state index contributed by atoms with van der Waals surface area (Å²) in [6, 6.07) is 23.5. The van der Waals surface area contributed by atoms with Crippen molar-refractivity contribution in [1.29, 1.82) is 0 Å². The lowest BCUT2D eigenvalue weighted by Gasteiger charge is -2.18. The van der Waals surface area contributed by atoms with E-state index in [4.69, 9.17) is 52.8 Å². The molecule has 2 aliphatic rings. The number of benzene rings is 4. The number of esters is 2. The van der Waals surface area contributed by atoms with Gasteiger partial charge in [-0.2, -0.15) is 0 Å². The number of fused-ring (bicyclic) bond motifs is 6. The number of amides is 4. The van der Waals surface area contributed by atoms with E-state index >= 15 is 0 Å². The molecule has 0 fully saturated rings. The molecule has 4 aromatic rings. The standard InChI is InChI=1S/C34H47NO7.C32H42O7.C14H27N3O6.CH4/c1-3-4-19-41-22-17-35-33(39)14-7-10-26-15-16-28-30(23-26)31(24-42-25(2)37)27-11-8-12-29(34(27)28)32(38)13-9-21-40-20-6-5-18-36;1-3-4-16-37-18-7-9-31(35)24-11-13-26-27-14-12-25(32(36)10-8-19-38-17-6-5-15-33)21-29(27)30(28(26)20-24)22-39-23(2)34;1-4-16-13(19)22-9-11(10-23-14(20)17-5-2)21-8-6-7-12(18)15-3;/h8,11-12,15-16,23,31,36H,3-7,9-10,13-14,17-22,24H2,1-2H3,(H,35,39);11-14,20-21,30,33H,3-10,15-19,22H2,1-2H3;11H,4-10H2,1-3H3,(H,15,18)(H,16,19)(H,17,20);1H4. The van der Waals surface area contributed by atoms with E-state index in [1.165, 1.54) is 13.8 Å². The Morgan fingerprint density at radius 2 is 0.905 bits per heavy atom. The van der Waals surface area contributed by atoms with Crippen LogP contribution in [0.2, 0.25) is 0 Å². The molecule has 0 aromatic heterocycles. The molecule has 0 saturated carbocycles. The number of Topliss-reactive ketones (excluding diaryl/α,β-unsaturated/α-hetero) is 3. The number of carbonyl (C=O) groups is 9. The molecule has 6 rings (SSSR count).